The maximum absolute atomic E-state index is 13.8. The molecule has 1 N–H and O–H groups in total. The molecule has 1 unspecified atom stereocenters. The Morgan fingerprint density at radius 3 is 2.45 bits per heavy atom. The van der Waals surface area contributed by atoms with Crippen molar-refractivity contribution in [1.29, 1.82) is 0 Å². The molecule has 0 aromatic heterocycles. The second-order valence-corrected chi connectivity index (χ2v) is 5.28. The van der Waals surface area contributed by atoms with Crippen molar-refractivity contribution in [3.8, 4) is 0 Å². The molecule has 0 aliphatic rings. The van der Waals surface area contributed by atoms with E-state index < -0.39 is 0 Å². The lowest BCUT2D eigenvalue weighted by Crippen LogP contribution is -2.12. The van der Waals surface area contributed by atoms with Crippen LogP contribution in [-0.4, -0.2) is 14.1 Å². The number of rotatable bonds is 4. The van der Waals surface area contributed by atoms with E-state index in [9.17, 15) is 4.39 Å². The third-order valence-corrected chi connectivity index (χ3v) is 3.45. The lowest BCUT2D eigenvalue weighted by atomic mass is 10.1. The van der Waals surface area contributed by atoms with Crippen LogP contribution in [0.2, 0.25) is 0 Å². The molecule has 0 aliphatic heterocycles. The maximum atomic E-state index is 13.8. The fraction of sp³-hybridized carbons (Fsp3) is 0.294. The minimum Gasteiger partial charge on any atom is -0.378 e. The van der Waals surface area contributed by atoms with Crippen molar-refractivity contribution in [3.05, 3.63) is 59.4 Å². The fourth-order valence-corrected chi connectivity index (χ4v) is 2.34. The van der Waals surface area contributed by atoms with Crippen molar-refractivity contribution < 1.29 is 4.39 Å². The molecule has 0 fully saturated rings. The third kappa shape index (κ3) is 3.10. The lowest BCUT2D eigenvalue weighted by molar-refractivity contribution is 0.600. The van der Waals surface area contributed by atoms with Crippen LogP contribution in [-0.2, 0) is 0 Å². The van der Waals surface area contributed by atoms with Gasteiger partial charge in [0.2, 0.25) is 0 Å². The van der Waals surface area contributed by atoms with Gasteiger partial charge in [0, 0.05) is 31.0 Å². The predicted octanol–water partition coefficient (Wildman–Crippen LogP) is 4.37. The first kappa shape index (κ1) is 14.4. The van der Waals surface area contributed by atoms with E-state index >= 15 is 0 Å². The standard InChI is InChI=1S/C17H21FN2/c1-12-9-10-14(11-17(12)20(3)4)19-13(2)15-7-5-6-8-16(15)18/h5-11,13,19H,1-4H3. The normalized spacial score (nSPS) is 12.1. The van der Waals surface area contributed by atoms with Gasteiger partial charge in [-0.3, -0.25) is 0 Å². The van der Waals surface area contributed by atoms with Crippen molar-refractivity contribution in [2.45, 2.75) is 19.9 Å². The molecule has 0 spiro atoms. The van der Waals surface area contributed by atoms with Gasteiger partial charge in [0.05, 0.1) is 6.04 Å². The Kier molecular flexibility index (Phi) is 4.28. The summed E-state index contributed by atoms with van der Waals surface area (Å²) >= 11 is 0. The highest BCUT2D eigenvalue weighted by atomic mass is 19.1. The first-order valence-corrected chi connectivity index (χ1v) is 6.78. The molecule has 0 bridgehead atoms. The number of hydrogen-bond acceptors (Lipinski definition) is 2. The molecule has 0 aliphatic carbocycles. The molecule has 0 saturated heterocycles. The maximum Gasteiger partial charge on any atom is 0.128 e. The van der Waals surface area contributed by atoms with Crippen LogP contribution < -0.4 is 10.2 Å². The molecule has 2 nitrogen and oxygen atoms in total. The molecule has 0 amide bonds. The zero-order chi connectivity index (χ0) is 14.7. The molecule has 2 rings (SSSR count). The van der Waals surface area contributed by atoms with Crippen LogP contribution >= 0.6 is 0 Å². The number of benzene rings is 2. The zero-order valence-electron chi connectivity index (χ0n) is 12.4. The van der Waals surface area contributed by atoms with Crippen molar-refractivity contribution in [1.82, 2.24) is 0 Å². The van der Waals surface area contributed by atoms with Gasteiger partial charge >= 0.3 is 0 Å². The van der Waals surface area contributed by atoms with Gasteiger partial charge in [-0.05, 0) is 37.6 Å². The Hall–Kier alpha value is -2.03. The summed E-state index contributed by atoms with van der Waals surface area (Å²) in [6.45, 7) is 4.05. The first-order valence-electron chi connectivity index (χ1n) is 6.78. The molecule has 0 saturated carbocycles. The smallest absolute Gasteiger partial charge is 0.128 e. The second kappa shape index (κ2) is 5.95. The van der Waals surface area contributed by atoms with E-state index in [2.05, 4.69) is 29.3 Å². The Balaban J connectivity index is 2.22. The molecule has 0 radical (unpaired) electrons. The van der Waals surface area contributed by atoms with Gasteiger partial charge < -0.3 is 10.2 Å². The highest BCUT2D eigenvalue weighted by molar-refractivity contribution is 5.62. The van der Waals surface area contributed by atoms with Gasteiger partial charge in [-0.2, -0.15) is 0 Å². The zero-order valence-corrected chi connectivity index (χ0v) is 12.4. The monoisotopic (exact) mass is 272 g/mol. The van der Waals surface area contributed by atoms with Gasteiger partial charge in [0.25, 0.3) is 0 Å². The largest absolute Gasteiger partial charge is 0.378 e. The lowest BCUT2D eigenvalue weighted by Gasteiger charge is -2.20. The second-order valence-electron chi connectivity index (χ2n) is 5.28. The highest BCUT2D eigenvalue weighted by Gasteiger charge is 2.11. The summed E-state index contributed by atoms with van der Waals surface area (Å²) in [6, 6.07) is 13.0. The quantitative estimate of drug-likeness (QED) is 0.889. The van der Waals surface area contributed by atoms with Crippen LogP contribution in [0.4, 0.5) is 15.8 Å². The van der Waals surface area contributed by atoms with Gasteiger partial charge in [-0.15, -0.1) is 0 Å². The molecule has 2 aromatic carbocycles. The topological polar surface area (TPSA) is 15.3 Å². The summed E-state index contributed by atoms with van der Waals surface area (Å²) in [4.78, 5) is 2.08. The number of nitrogens with zero attached hydrogens (tertiary/aromatic N) is 1. The van der Waals surface area contributed by atoms with Gasteiger partial charge in [0.15, 0.2) is 0 Å². The summed E-state index contributed by atoms with van der Waals surface area (Å²) in [5.41, 5.74) is 4.06. The third-order valence-electron chi connectivity index (χ3n) is 3.45. The number of aryl methyl sites for hydroxylation is 1. The van der Waals surface area contributed by atoms with E-state index in [-0.39, 0.29) is 11.9 Å². The summed E-state index contributed by atoms with van der Waals surface area (Å²) in [5, 5.41) is 3.35. The summed E-state index contributed by atoms with van der Waals surface area (Å²) in [6.07, 6.45) is 0. The number of anilines is 2. The van der Waals surface area contributed by atoms with Gasteiger partial charge in [0.1, 0.15) is 5.82 Å². The van der Waals surface area contributed by atoms with E-state index in [1.165, 1.54) is 11.6 Å². The minimum atomic E-state index is -0.174. The Morgan fingerprint density at radius 1 is 1.10 bits per heavy atom. The summed E-state index contributed by atoms with van der Waals surface area (Å²) in [5.74, 6) is -0.174. The number of nitrogens with one attached hydrogen (secondary N) is 1. The summed E-state index contributed by atoms with van der Waals surface area (Å²) in [7, 11) is 4.04. The van der Waals surface area contributed by atoms with E-state index in [1.807, 2.05) is 39.2 Å². The average Bonchev–Trinajstić information content (AvgIpc) is 2.41. The van der Waals surface area contributed by atoms with Crippen molar-refractivity contribution >= 4 is 11.4 Å². The predicted molar refractivity (Wildman–Crippen MR) is 83.9 cm³/mol. The average molecular weight is 272 g/mol. The van der Waals surface area contributed by atoms with Crippen LogP contribution in [0.15, 0.2) is 42.5 Å². The van der Waals surface area contributed by atoms with Crippen molar-refractivity contribution in [3.63, 3.8) is 0 Å². The molecular weight excluding hydrogens is 251 g/mol. The number of hydrogen-bond donors (Lipinski definition) is 1. The van der Waals surface area contributed by atoms with E-state index in [4.69, 9.17) is 0 Å². The molecular formula is C17H21FN2. The van der Waals surface area contributed by atoms with Crippen molar-refractivity contribution in [2.24, 2.45) is 0 Å². The number of halogens is 1. The SMILES string of the molecule is Cc1ccc(NC(C)c2ccccc2F)cc1N(C)C. The fourth-order valence-electron chi connectivity index (χ4n) is 2.34. The minimum absolute atomic E-state index is 0.0751. The van der Waals surface area contributed by atoms with Crippen LogP contribution in [0.5, 0.6) is 0 Å². The van der Waals surface area contributed by atoms with Gasteiger partial charge in [-0.25, -0.2) is 4.39 Å². The Labute approximate surface area is 120 Å². The molecule has 20 heavy (non-hydrogen) atoms. The molecule has 3 heteroatoms. The Bertz CT molecular complexity index is 593. The summed E-state index contributed by atoms with van der Waals surface area (Å²) < 4.78 is 13.8. The Morgan fingerprint density at radius 2 is 1.80 bits per heavy atom. The highest BCUT2D eigenvalue weighted by Crippen LogP contribution is 2.26. The van der Waals surface area contributed by atoms with E-state index in [0.29, 0.717) is 5.56 Å². The molecule has 106 valence electrons. The van der Waals surface area contributed by atoms with Gasteiger partial charge in [-0.1, -0.05) is 24.3 Å². The van der Waals surface area contributed by atoms with Crippen LogP contribution in [0.3, 0.4) is 0 Å². The van der Waals surface area contributed by atoms with E-state index in [0.717, 1.165) is 11.4 Å². The van der Waals surface area contributed by atoms with Crippen LogP contribution in [0.1, 0.15) is 24.1 Å². The molecule has 1 atom stereocenters. The molecule has 0 heterocycles. The van der Waals surface area contributed by atoms with Crippen molar-refractivity contribution in [2.75, 3.05) is 24.3 Å². The first-order chi connectivity index (χ1) is 9.49. The molecule has 2 aromatic rings. The van der Waals surface area contributed by atoms with Crippen LogP contribution in [0, 0.1) is 12.7 Å². The van der Waals surface area contributed by atoms with E-state index in [1.54, 1.807) is 6.07 Å². The van der Waals surface area contributed by atoms with Crippen LogP contribution in [0.25, 0.3) is 0 Å².